The molecule has 0 spiro atoms. The van der Waals surface area contributed by atoms with Crippen molar-refractivity contribution in [3.63, 3.8) is 0 Å². The molecule has 0 aliphatic carbocycles. The molecule has 68 valence electrons. The van der Waals surface area contributed by atoms with Gasteiger partial charge in [-0.05, 0) is 12.1 Å². The topological polar surface area (TPSA) is 22.1 Å². The molecule has 2 rings (SSSR count). The number of benzene rings is 1. The molecule has 0 aliphatic rings. The van der Waals surface area contributed by atoms with E-state index < -0.39 is 0 Å². The first kappa shape index (κ1) is 9.34. The van der Waals surface area contributed by atoms with Gasteiger partial charge in [-0.1, -0.05) is 29.2 Å². The fourth-order valence-corrected chi connectivity index (χ4v) is 1.52. The predicted molar refractivity (Wildman–Crippen MR) is 58.7 cm³/mol. The maximum atomic E-state index is 5.79. The van der Waals surface area contributed by atoms with Gasteiger partial charge < -0.3 is 4.74 Å². The molecule has 0 aliphatic heterocycles. The van der Waals surface area contributed by atoms with E-state index in [1.807, 2.05) is 12.1 Å². The van der Waals surface area contributed by atoms with Crippen molar-refractivity contribution in [2.45, 2.75) is 0 Å². The maximum absolute atomic E-state index is 5.79. The quantitative estimate of drug-likeness (QED) is 0.520. The summed E-state index contributed by atoms with van der Waals surface area (Å²) in [6, 6.07) is 7.29. The molecule has 0 amide bonds. The van der Waals surface area contributed by atoms with Crippen LogP contribution < -0.4 is 10.2 Å². The third kappa shape index (κ3) is 1.44. The van der Waals surface area contributed by atoms with Crippen molar-refractivity contribution >= 4 is 35.8 Å². The standard InChI is InChI=1S/C10H7BClNO/c1-14-10-7(11)4-2-6-3-5-8(12)13-9(6)10/h2-5H,1H3. The Balaban J connectivity index is 2.84. The number of ether oxygens (including phenoxy) is 1. The van der Waals surface area contributed by atoms with E-state index in [1.54, 1.807) is 19.2 Å². The minimum atomic E-state index is 0.432. The Morgan fingerprint density at radius 2 is 2.00 bits per heavy atom. The molecule has 0 saturated carbocycles. The van der Waals surface area contributed by atoms with Gasteiger partial charge in [-0.2, -0.15) is 0 Å². The molecule has 1 aromatic carbocycles. The van der Waals surface area contributed by atoms with E-state index in [0.717, 1.165) is 5.39 Å². The zero-order valence-corrected chi connectivity index (χ0v) is 8.38. The lowest BCUT2D eigenvalue weighted by molar-refractivity contribution is 0.422. The lowest BCUT2D eigenvalue weighted by atomic mass is 9.93. The third-order valence-electron chi connectivity index (χ3n) is 2.02. The fourth-order valence-electron chi connectivity index (χ4n) is 1.37. The minimum Gasteiger partial charge on any atom is -0.495 e. The summed E-state index contributed by atoms with van der Waals surface area (Å²) in [6.07, 6.45) is 0. The van der Waals surface area contributed by atoms with Gasteiger partial charge in [0.15, 0.2) is 0 Å². The van der Waals surface area contributed by atoms with Crippen LogP contribution >= 0.6 is 11.6 Å². The Hall–Kier alpha value is -1.22. The van der Waals surface area contributed by atoms with E-state index >= 15 is 0 Å². The molecular weight excluding hydrogens is 196 g/mol. The van der Waals surface area contributed by atoms with E-state index in [2.05, 4.69) is 4.98 Å². The van der Waals surface area contributed by atoms with Gasteiger partial charge in [0.05, 0.1) is 7.11 Å². The maximum Gasteiger partial charge on any atom is 0.138 e. The molecule has 0 unspecified atom stereocenters. The summed E-state index contributed by atoms with van der Waals surface area (Å²) in [4.78, 5) is 4.17. The fraction of sp³-hybridized carbons (Fsp3) is 0.100. The van der Waals surface area contributed by atoms with E-state index in [4.69, 9.17) is 24.2 Å². The highest BCUT2D eigenvalue weighted by Crippen LogP contribution is 2.22. The average Bonchev–Trinajstić information content (AvgIpc) is 2.17. The molecule has 2 radical (unpaired) electrons. The molecule has 1 heterocycles. The van der Waals surface area contributed by atoms with E-state index in [-0.39, 0.29) is 0 Å². The largest absolute Gasteiger partial charge is 0.495 e. The van der Waals surface area contributed by atoms with Crippen LogP contribution in [0.4, 0.5) is 0 Å². The van der Waals surface area contributed by atoms with Crippen LogP contribution in [-0.4, -0.2) is 19.9 Å². The minimum absolute atomic E-state index is 0.432. The van der Waals surface area contributed by atoms with Gasteiger partial charge in [-0.15, -0.1) is 0 Å². The second kappa shape index (κ2) is 3.50. The monoisotopic (exact) mass is 203 g/mol. The number of halogens is 1. The molecule has 4 heteroatoms. The van der Waals surface area contributed by atoms with Crippen LogP contribution in [0.2, 0.25) is 5.15 Å². The second-order valence-electron chi connectivity index (χ2n) is 2.89. The third-order valence-corrected chi connectivity index (χ3v) is 2.23. The van der Waals surface area contributed by atoms with Gasteiger partial charge in [0.25, 0.3) is 0 Å². The highest BCUT2D eigenvalue weighted by Gasteiger charge is 2.05. The Bertz CT molecular complexity index is 482. The van der Waals surface area contributed by atoms with Crippen LogP contribution in [-0.2, 0) is 0 Å². The van der Waals surface area contributed by atoms with Crippen molar-refractivity contribution in [3.8, 4) is 5.75 Å². The number of pyridine rings is 1. The van der Waals surface area contributed by atoms with Crippen LogP contribution in [0.25, 0.3) is 10.9 Å². The van der Waals surface area contributed by atoms with Gasteiger partial charge in [-0.3, -0.25) is 0 Å². The van der Waals surface area contributed by atoms with Gasteiger partial charge >= 0.3 is 0 Å². The number of hydrogen-bond acceptors (Lipinski definition) is 2. The lowest BCUT2D eigenvalue weighted by Crippen LogP contribution is -2.07. The Morgan fingerprint density at radius 3 is 2.71 bits per heavy atom. The van der Waals surface area contributed by atoms with Crippen LogP contribution in [0, 0.1) is 0 Å². The first-order valence-electron chi connectivity index (χ1n) is 4.11. The summed E-state index contributed by atoms with van der Waals surface area (Å²) >= 11 is 5.79. The second-order valence-corrected chi connectivity index (χ2v) is 3.28. The summed E-state index contributed by atoms with van der Waals surface area (Å²) in [6.45, 7) is 0. The lowest BCUT2D eigenvalue weighted by Gasteiger charge is -2.08. The number of rotatable bonds is 1. The van der Waals surface area contributed by atoms with Crippen LogP contribution in [0.15, 0.2) is 24.3 Å². The molecule has 0 atom stereocenters. The highest BCUT2D eigenvalue weighted by atomic mass is 35.5. The summed E-state index contributed by atoms with van der Waals surface area (Å²) in [7, 11) is 7.30. The Morgan fingerprint density at radius 1 is 1.29 bits per heavy atom. The van der Waals surface area contributed by atoms with E-state index in [9.17, 15) is 0 Å². The van der Waals surface area contributed by atoms with Gasteiger partial charge in [0.2, 0.25) is 0 Å². The number of aromatic nitrogens is 1. The van der Waals surface area contributed by atoms with Crippen molar-refractivity contribution in [3.05, 3.63) is 29.4 Å². The summed E-state index contributed by atoms with van der Waals surface area (Å²) in [5, 5.41) is 1.39. The van der Waals surface area contributed by atoms with E-state index in [1.165, 1.54) is 0 Å². The average molecular weight is 203 g/mol. The van der Waals surface area contributed by atoms with Crippen molar-refractivity contribution in [1.29, 1.82) is 0 Å². The molecule has 0 N–H and O–H groups in total. The summed E-state index contributed by atoms with van der Waals surface area (Å²) in [5.74, 6) is 0.574. The molecule has 2 nitrogen and oxygen atoms in total. The normalized spacial score (nSPS) is 10.4. The first-order chi connectivity index (χ1) is 6.72. The zero-order valence-electron chi connectivity index (χ0n) is 7.62. The first-order valence-corrected chi connectivity index (χ1v) is 4.49. The van der Waals surface area contributed by atoms with Crippen molar-refractivity contribution in [1.82, 2.24) is 4.98 Å². The predicted octanol–water partition coefficient (Wildman–Crippen LogP) is 1.69. The summed E-state index contributed by atoms with van der Waals surface area (Å²) < 4.78 is 5.17. The number of nitrogens with zero attached hydrogens (tertiary/aromatic N) is 1. The Kier molecular flexibility index (Phi) is 2.34. The van der Waals surface area contributed by atoms with Gasteiger partial charge in [0.1, 0.15) is 24.3 Å². The number of hydrogen-bond donors (Lipinski definition) is 0. The van der Waals surface area contributed by atoms with Crippen molar-refractivity contribution in [2.24, 2.45) is 0 Å². The highest BCUT2D eigenvalue weighted by molar-refractivity contribution is 6.36. The molecule has 1 aromatic heterocycles. The zero-order chi connectivity index (χ0) is 10.1. The smallest absolute Gasteiger partial charge is 0.138 e. The van der Waals surface area contributed by atoms with E-state index in [0.29, 0.717) is 21.9 Å². The number of fused-ring (bicyclic) bond motifs is 1. The Labute approximate surface area is 88.3 Å². The van der Waals surface area contributed by atoms with Gasteiger partial charge in [-0.25, -0.2) is 4.98 Å². The summed E-state index contributed by atoms with van der Waals surface area (Å²) in [5.41, 5.74) is 1.26. The number of methoxy groups -OCH3 is 1. The molecule has 0 saturated heterocycles. The van der Waals surface area contributed by atoms with Crippen molar-refractivity contribution in [2.75, 3.05) is 7.11 Å². The molecule has 14 heavy (non-hydrogen) atoms. The molecular formula is C10H7BClNO. The molecule has 0 bridgehead atoms. The van der Waals surface area contributed by atoms with Crippen LogP contribution in [0.3, 0.4) is 0 Å². The molecule has 0 fully saturated rings. The SMILES string of the molecule is [B]c1ccc2ccc(Cl)nc2c1OC. The van der Waals surface area contributed by atoms with Gasteiger partial charge in [0, 0.05) is 5.39 Å². The van der Waals surface area contributed by atoms with Crippen LogP contribution in [0.1, 0.15) is 0 Å². The molecule has 2 aromatic rings. The van der Waals surface area contributed by atoms with Crippen molar-refractivity contribution < 1.29 is 4.74 Å². The van der Waals surface area contributed by atoms with Crippen LogP contribution in [0.5, 0.6) is 5.75 Å².